The van der Waals surface area contributed by atoms with Gasteiger partial charge in [-0.1, -0.05) is 0 Å². The van der Waals surface area contributed by atoms with E-state index in [1.54, 1.807) is 48.5 Å². The van der Waals surface area contributed by atoms with Crippen LogP contribution in [-0.4, -0.2) is 31.4 Å². The number of ketones is 2. The zero-order valence-corrected chi connectivity index (χ0v) is 15.1. The van der Waals surface area contributed by atoms with E-state index in [0.717, 1.165) is 8.92 Å². The summed E-state index contributed by atoms with van der Waals surface area (Å²) in [4.78, 5) is 36.1. The van der Waals surface area contributed by atoms with E-state index >= 15 is 0 Å². The van der Waals surface area contributed by atoms with Gasteiger partial charge in [-0.25, -0.2) is 0 Å². The van der Waals surface area contributed by atoms with Crippen molar-refractivity contribution in [1.82, 2.24) is 0 Å². The molecule has 26 heavy (non-hydrogen) atoms. The van der Waals surface area contributed by atoms with Crippen LogP contribution in [0.1, 0.15) is 31.8 Å². The van der Waals surface area contributed by atoms with Crippen LogP contribution in [0.25, 0.3) is 0 Å². The summed E-state index contributed by atoms with van der Waals surface area (Å²) in [5.41, 5.74) is 1.77. The van der Waals surface area contributed by atoms with Gasteiger partial charge in [0.05, 0.1) is 0 Å². The fourth-order valence-corrected chi connectivity index (χ4v) is 5.01. The number of nitro benzene ring substituents is 1. The van der Waals surface area contributed by atoms with E-state index in [4.69, 9.17) is 0 Å². The van der Waals surface area contributed by atoms with E-state index in [1.807, 2.05) is 6.07 Å². The summed E-state index contributed by atoms with van der Waals surface area (Å²) >= 11 is -0.247. The SMILES string of the molecule is O=C1c2ccccc2C(=O)c2c([Se]c3ccc([N+](=O)[O-])cc3)cccc21. The zero-order valence-electron chi connectivity index (χ0n) is 13.3. The van der Waals surface area contributed by atoms with Crippen molar-refractivity contribution >= 4 is 41.1 Å². The molecule has 0 saturated heterocycles. The molecule has 3 aromatic rings. The fourth-order valence-electron chi connectivity index (χ4n) is 2.96. The Morgan fingerprint density at radius 3 is 2.00 bits per heavy atom. The summed E-state index contributed by atoms with van der Waals surface area (Å²) in [6, 6.07) is 18.4. The zero-order chi connectivity index (χ0) is 18.3. The molecular formula is C20H11NO4Se. The molecule has 5 nitrogen and oxygen atoms in total. The molecular weight excluding hydrogens is 397 g/mol. The number of non-ortho nitro benzene ring substituents is 1. The number of hydrogen-bond acceptors (Lipinski definition) is 4. The second-order valence-electron chi connectivity index (χ2n) is 5.74. The summed E-state index contributed by atoms with van der Waals surface area (Å²) in [6.07, 6.45) is 0. The molecule has 0 atom stereocenters. The molecule has 3 aromatic carbocycles. The van der Waals surface area contributed by atoms with Gasteiger partial charge in [0.2, 0.25) is 0 Å². The van der Waals surface area contributed by atoms with Crippen LogP contribution in [0.2, 0.25) is 0 Å². The van der Waals surface area contributed by atoms with Crippen LogP contribution in [0.3, 0.4) is 0 Å². The summed E-state index contributed by atoms with van der Waals surface area (Å²) in [7, 11) is 0. The number of nitrogens with zero attached hydrogens (tertiary/aromatic N) is 1. The number of carbonyl (C=O) groups excluding carboxylic acids is 2. The second kappa shape index (κ2) is 6.33. The standard InChI is InChI=1S/C20H11NO4Se/c22-19-14-4-1-2-5-15(14)20(23)18-16(19)6-3-7-17(18)26-13-10-8-12(9-11-13)21(24)25/h1-11H. The van der Waals surface area contributed by atoms with Crippen molar-refractivity contribution in [1.29, 1.82) is 0 Å². The average molecular weight is 408 g/mol. The molecule has 0 fully saturated rings. The second-order valence-corrected chi connectivity index (χ2v) is 8.08. The Hall–Kier alpha value is -3.08. The summed E-state index contributed by atoms with van der Waals surface area (Å²) in [5.74, 6) is -0.286. The van der Waals surface area contributed by atoms with Crippen molar-refractivity contribution in [2.45, 2.75) is 0 Å². The van der Waals surface area contributed by atoms with Crippen molar-refractivity contribution in [2.24, 2.45) is 0 Å². The summed E-state index contributed by atoms with van der Waals surface area (Å²) in [6.45, 7) is 0. The van der Waals surface area contributed by atoms with Gasteiger partial charge in [-0.2, -0.15) is 0 Å². The van der Waals surface area contributed by atoms with Gasteiger partial charge in [-0.3, -0.25) is 0 Å². The first-order chi connectivity index (χ1) is 12.6. The van der Waals surface area contributed by atoms with E-state index in [9.17, 15) is 19.7 Å². The Kier molecular flexibility index (Phi) is 3.99. The van der Waals surface area contributed by atoms with Crippen LogP contribution >= 0.6 is 0 Å². The van der Waals surface area contributed by atoms with Crippen molar-refractivity contribution < 1.29 is 14.5 Å². The maximum atomic E-state index is 13.0. The molecule has 0 spiro atoms. The number of hydrogen-bond donors (Lipinski definition) is 0. The van der Waals surface area contributed by atoms with Gasteiger partial charge in [0.15, 0.2) is 0 Å². The fraction of sp³-hybridized carbons (Fsp3) is 0. The van der Waals surface area contributed by atoms with Crippen LogP contribution in [0.5, 0.6) is 0 Å². The normalized spacial score (nSPS) is 12.5. The number of nitro groups is 1. The van der Waals surface area contributed by atoms with Gasteiger partial charge < -0.3 is 0 Å². The first-order valence-corrected chi connectivity index (χ1v) is 9.51. The number of benzene rings is 3. The molecule has 0 N–H and O–H groups in total. The van der Waals surface area contributed by atoms with Crippen molar-refractivity contribution in [3.8, 4) is 0 Å². The van der Waals surface area contributed by atoms with Crippen LogP contribution in [0, 0.1) is 10.1 Å². The van der Waals surface area contributed by atoms with Crippen molar-refractivity contribution in [3.05, 3.63) is 99.1 Å². The molecule has 0 aliphatic heterocycles. The Bertz CT molecular complexity index is 1070. The third-order valence-electron chi connectivity index (χ3n) is 4.19. The Labute approximate surface area is 155 Å². The van der Waals surface area contributed by atoms with Gasteiger partial charge in [-0.15, -0.1) is 0 Å². The number of rotatable bonds is 3. The molecule has 0 saturated carbocycles. The van der Waals surface area contributed by atoms with E-state index in [0.29, 0.717) is 22.3 Å². The Morgan fingerprint density at radius 1 is 0.731 bits per heavy atom. The minimum atomic E-state index is -0.444. The van der Waals surface area contributed by atoms with Gasteiger partial charge in [0, 0.05) is 0 Å². The third-order valence-corrected chi connectivity index (χ3v) is 6.43. The molecule has 126 valence electrons. The van der Waals surface area contributed by atoms with Crippen LogP contribution in [0.15, 0.2) is 66.7 Å². The minimum absolute atomic E-state index is 0.0276. The molecule has 0 unspecified atom stereocenters. The molecule has 0 aromatic heterocycles. The average Bonchev–Trinajstić information content (AvgIpc) is 2.66. The van der Waals surface area contributed by atoms with Crippen LogP contribution in [-0.2, 0) is 0 Å². The maximum absolute atomic E-state index is 13.0. The molecule has 6 heteroatoms. The topological polar surface area (TPSA) is 77.3 Å². The summed E-state index contributed by atoms with van der Waals surface area (Å²) < 4.78 is 1.70. The molecule has 1 aliphatic carbocycles. The Morgan fingerprint density at radius 2 is 1.35 bits per heavy atom. The Balaban J connectivity index is 1.77. The van der Waals surface area contributed by atoms with E-state index < -0.39 is 4.92 Å². The van der Waals surface area contributed by atoms with Gasteiger partial charge in [-0.05, 0) is 0 Å². The first-order valence-electron chi connectivity index (χ1n) is 7.80. The monoisotopic (exact) mass is 409 g/mol. The van der Waals surface area contributed by atoms with Crippen LogP contribution < -0.4 is 8.92 Å². The van der Waals surface area contributed by atoms with Gasteiger partial charge in [0.1, 0.15) is 0 Å². The van der Waals surface area contributed by atoms with Crippen molar-refractivity contribution in [3.63, 3.8) is 0 Å². The van der Waals surface area contributed by atoms with E-state index in [2.05, 4.69) is 0 Å². The predicted octanol–water partition coefficient (Wildman–Crippen LogP) is 2.03. The van der Waals surface area contributed by atoms with Crippen molar-refractivity contribution in [2.75, 3.05) is 0 Å². The molecule has 0 bridgehead atoms. The van der Waals surface area contributed by atoms with Gasteiger partial charge in [0.25, 0.3) is 0 Å². The van der Waals surface area contributed by atoms with Gasteiger partial charge >= 0.3 is 155 Å². The van der Waals surface area contributed by atoms with E-state index in [1.165, 1.54) is 12.1 Å². The van der Waals surface area contributed by atoms with Crippen LogP contribution in [0.4, 0.5) is 5.69 Å². The molecule has 0 radical (unpaired) electrons. The predicted molar refractivity (Wildman–Crippen MR) is 97.9 cm³/mol. The molecule has 4 rings (SSSR count). The molecule has 1 aliphatic rings. The number of fused-ring (bicyclic) bond motifs is 2. The third kappa shape index (κ3) is 2.65. The quantitative estimate of drug-likeness (QED) is 0.295. The van der Waals surface area contributed by atoms with E-state index in [-0.39, 0.29) is 32.2 Å². The molecule has 0 heterocycles. The first kappa shape index (κ1) is 16.4. The summed E-state index contributed by atoms with van der Waals surface area (Å²) in [5, 5.41) is 10.8. The molecule has 0 amide bonds. The number of carbonyl (C=O) groups is 2.